The Bertz CT molecular complexity index is 2170. The van der Waals surface area contributed by atoms with E-state index in [1.165, 1.54) is 6.20 Å². The standard InChI is InChI=1S/C27H38N6O4Si.C12H19BrN4OSi/c1-18-9-10-23(19-7-6-8-20(13-19)36-2)32(16-18)27(35)26(34)31-22-15-29-25(28)21-14-30-33(24(21)22)17-37-11-12-38(3,4)5;1-19(2,3)5-4-18-8-17-11-9(6-16-17)12(14)15-7-10(11)13/h6-8,13-15,18,23H,9-12,16-17H2,1-5H3,(H2,28,29)(H,31,34);6-7H,4-5,8H2,1-3H3,(H2,14,15). The predicted octanol–water partition coefficient (Wildman–Crippen LogP) is 7.36. The fourth-order valence-electron chi connectivity index (χ4n) is 6.43. The molecule has 0 saturated carbocycles. The van der Waals surface area contributed by atoms with E-state index >= 15 is 0 Å². The van der Waals surface area contributed by atoms with Crippen molar-refractivity contribution in [3.63, 3.8) is 0 Å². The molecule has 2 atom stereocenters. The topological polar surface area (TPSA) is 191 Å². The van der Waals surface area contributed by atoms with E-state index in [-0.39, 0.29) is 18.7 Å². The Kier molecular flexibility index (Phi) is 14.5. The van der Waals surface area contributed by atoms with Crippen LogP contribution >= 0.6 is 15.9 Å². The molecule has 6 rings (SSSR count). The molecule has 0 bridgehead atoms. The highest BCUT2D eigenvalue weighted by atomic mass is 79.9. The maximum atomic E-state index is 13.5. The summed E-state index contributed by atoms with van der Waals surface area (Å²) in [4.78, 5) is 36.8. The number of ether oxygens (including phenoxy) is 3. The van der Waals surface area contributed by atoms with Crippen LogP contribution in [0.4, 0.5) is 17.3 Å². The van der Waals surface area contributed by atoms with Crippen LogP contribution in [0.5, 0.6) is 5.75 Å². The number of fused-ring (bicyclic) bond motifs is 2. The van der Waals surface area contributed by atoms with Crippen molar-refractivity contribution >= 4 is 83.0 Å². The third-order valence-corrected chi connectivity index (χ3v) is 13.8. The highest BCUT2D eigenvalue weighted by Gasteiger charge is 2.35. The number of nitrogens with one attached hydrogen (secondary N) is 1. The quantitative estimate of drug-likeness (QED) is 0.0609. The van der Waals surface area contributed by atoms with Gasteiger partial charge in [-0.3, -0.25) is 9.59 Å². The number of hydrogen-bond acceptors (Lipinski definition) is 11. The Morgan fingerprint density at radius 2 is 1.44 bits per heavy atom. The molecule has 4 aromatic heterocycles. The van der Waals surface area contributed by atoms with Gasteiger partial charge in [-0.15, -0.1) is 0 Å². The Hall–Kier alpha value is -4.37. The molecule has 1 fully saturated rings. The van der Waals surface area contributed by atoms with Crippen LogP contribution in [-0.2, 0) is 32.5 Å². The second-order valence-electron chi connectivity index (χ2n) is 16.9. The molecular formula is C39H57BrN10O5Si2. The molecule has 18 heteroatoms. The Balaban J connectivity index is 0.000000273. The fourth-order valence-corrected chi connectivity index (χ4v) is 8.46. The summed E-state index contributed by atoms with van der Waals surface area (Å²) in [5.41, 5.74) is 14.7. The molecule has 0 spiro atoms. The summed E-state index contributed by atoms with van der Waals surface area (Å²) in [6.45, 7) is 18.5. The molecule has 1 aliphatic rings. The maximum Gasteiger partial charge on any atom is 0.314 e. The van der Waals surface area contributed by atoms with Crippen LogP contribution in [0.15, 0.2) is 53.5 Å². The molecule has 5 heterocycles. The molecule has 0 aliphatic carbocycles. The number of hydrogen-bond donors (Lipinski definition) is 3. The Morgan fingerprint density at radius 1 is 0.860 bits per heavy atom. The minimum atomic E-state index is -1.24. The number of nitrogens with zero attached hydrogens (tertiary/aromatic N) is 7. The lowest BCUT2D eigenvalue weighted by Gasteiger charge is -2.38. The second kappa shape index (κ2) is 18.9. The van der Waals surface area contributed by atoms with E-state index in [2.05, 4.69) is 87.6 Å². The first-order valence-electron chi connectivity index (χ1n) is 19.2. The Labute approximate surface area is 345 Å². The van der Waals surface area contributed by atoms with Gasteiger partial charge in [0.05, 0.1) is 63.7 Å². The van der Waals surface area contributed by atoms with Gasteiger partial charge < -0.3 is 35.9 Å². The van der Waals surface area contributed by atoms with Crippen molar-refractivity contribution in [1.29, 1.82) is 0 Å². The van der Waals surface area contributed by atoms with E-state index < -0.39 is 28.0 Å². The number of pyridine rings is 2. The third-order valence-electron chi connectivity index (χ3n) is 9.78. The molecule has 1 aliphatic heterocycles. The number of benzene rings is 1. The number of carbonyl (C=O) groups excluding carboxylic acids is 2. The van der Waals surface area contributed by atoms with Crippen molar-refractivity contribution in [3.8, 4) is 5.75 Å². The first-order chi connectivity index (χ1) is 27.0. The highest BCUT2D eigenvalue weighted by Crippen LogP contribution is 2.35. The van der Waals surface area contributed by atoms with Crippen molar-refractivity contribution in [2.45, 2.75) is 90.6 Å². The van der Waals surface area contributed by atoms with Crippen molar-refractivity contribution in [3.05, 3.63) is 59.1 Å². The molecule has 0 radical (unpaired) electrons. The van der Waals surface area contributed by atoms with Crippen molar-refractivity contribution in [2.24, 2.45) is 5.92 Å². The first-order valence-corrected chi connectivity index (χ1v) is 27.4. The highest BCUT2D eigenvalue weighted by molar-refractivity contribution is 9.10. The summed E-state index contributed by atoms with van der Waals surface area (Å²) in [7, 11) is -0.669. The van der Waals surface area contributed by atoms with Gasteiger partial charge in [0.15, 0.2) is 0 Å². The molecule has 15 nitrogen and oxygen atoms in total. The molecule has 2 unspecified atom stereocenters. The van der Waals surface area contributed by atoms with Crippen molar-refractivity contribution in [1.82, 2.24) is 34.4 Å². The van der Waals surface area contributed by atoms with Gasteiger partial charge in [0, 0.05) is 42.1 Å². The molecule has 1 saturated heterocycles. The zero-order chi connectivity index (χ0) is 41.5. The molecule has 1 aromatic carbocycles. The largest absolute Gasteiger partial charge is 0.497 e. The van der Waals surface area contributed by atoms with Crippen LogP contribution in [-0.4, -0.2) is 89.3 Å². The minimum Gasteiger partial charge on any atom is -0.497 e. The van der Waals surface area contributed by atoms with E-state index in [1.807, 2.05) is 28.9 Å². The second-order valence-corrected chi connectivity index (χ2v) is 29.0. The van der Waals surface area contributed by atoms with E-state index in [4.69, 9.17) is 25.7 Å². The number of methoxy groups -OCH3 is 1. The predicted molar refractivity (Wildman–Crippen MR) is 234 cm³/mol. The van der Waals surface area contributed by atoms with Gasteiger partial charge in [-0.25, -0.2) is 19.3 Å². The summed E-state index contributed by atoms with van der Waals surface area (Å²) < 4.78 is 21.3. The average molecular weight is 882 g/mol. The monoisotopic (exact) mass is 880 g/mol. The normalized spacial score (nSPS) is 16.1. The molecule has 57 heavy (non-hydrogen) atoms. The number of halogens is 1. The zero-order valence-electron chi connectivity index (χ0n) is 34.3. The van der Waals surface area contributed by atoms with Crippen LogP contribution in [0.3, 0.4) is 0 Å². The number of piperidine rings is 1. The molecule has 2 amide bonds. The van der Waals surface area contributed by atoms with E-state index in [0.717, 1.165) is 52.5 Å². The third kappa shape index (κ3) is 11.6. The number of nitrogen functional groups attached to an aromatic ring is 2. The number of rotatable bonds is 13. The van der Waals surface area contributed by atoms with Gasteiger partial charge in [-0.1, -0.05) is 58.3 Å². The molecule has 308 valence electrons. The van der Waals surface area contributed by atoms with Crippen LogP contribution in [0, 0.1) is 5.92 Å². The number of amides is 2. The molecular weight excluding hydrogens is 825 g/mol. The van der Waals surface area contributed by atoms with Gasteiger partial charge in [0.2, 0.25) is 0 Å². The Morgan fingerprint density at radius 3 is 2.04 bits per heavy atom. The summed E-state index contributed by atoms with van der Waals surface area (Å²) in [6, 6.07) is 9.62. The van der Waals surface area contributed by atoms with Crippen LogP contribution in [0.2, 0.25) is 51.4 Å². The summed E-state index contributed by atoms with van der Waals surface area (Å²) in [6.07, 6.45) is 8.21. The lowest BCUT2D eigenvalue weighted by Crippen LogP contribution is -2.46. The van der Waals surface area contributed by atoms with E-state index in [9.17, 15) is 9.59 Å². The van der Waals surface area contributed by atoms with Crippen LogP contribution in [0.1, 0.15) is 31.4 Å². The lowest BCUT2D eigenvalue weighted by molar-refractivity contribution is -0.146. The van der Waals surface area contributed by atoms with Crippen LogP contribution in [0.25, 0.3) is 21.8 Å². The van der Waals surface area contributed by atoms with Gasteiger partial charge >= 0.3 is 11.8 Å². The van der Waals surface area contributed by atoms with Gasteiger partial charge in [-0.2, -0.15) is 10.2 Å². The smallest absolute Gasteiger partial charge is 0.314 e. The maximum absolute atomic E-state index is 13.5. The first kappa shape index (κ1) is 43.8. The zero-order valence-corrected chi connectivity index (χ0v) is 37.9. The number of anilines is 3. The van der Waals surface area contributed by atoms with Crippen molar-refractivity contribution < 1.29 is 23.8 Å². The van der Waals surface area contributed by atoms with E-state index in [1.54, 1.807) is 35.3 Å². The molecule has 5 aromatic rings. The van der Waals surface area contributed by atoms with Crippen molar-refractivity contribution in [2.75, 3.05) is 43.7 Å². The average Bonchev–Trinajstić information content (AvgIpc) is 3.80. The number of nitrogens with two attached hydrogens (primary N) is 2. The van der Waals surface area contributed by atoms with Gasteiger partial charge in [0.25, 0.3) is 0 Å². The minimum absolute atomic E-state index is 0.204. The molecule has 5 N–H and O–H groups in total. The fraction of sp³-hybridized carbons (Fsp3) is 0.487. The number of aromatic nitrogens is 6. The van der Waals surface area contributed by atoms with Gasteiger partial charge in [0.1, 0.15) is 30.8 Å². The SMILES string of the molecule is COc1cccc(C2CCC(C)CN2C(=O)C(=O)Nc2cnc(N)c3cnn(COCC[Si](C)(C)C)c23)c1.C[Si](C)(C)CCOCn1ncc2c(N)ncc(Br)c21. The summed E-state index contributed by atoms with van der Waals surface area (Å²) in [5, 5.41) is 12.9. The summed E-state index contributed by atoms with van der Waals surface area (Å²) in [5.74, 6) is 0.466. The summed E-state index contributed by atoms with van der Waals surface area (Å²) >= 11 is 3.47. The van der Waals surface area contributed by atoms with Gasteiger partial charge in [-0.05, 0) is 64.5 Å². The van der Waals surface area contributed by atoms with E-state index in [0.29, 0.717) is 53.9 Å². The number of likely N-dealkylation sites (tertiary alicyclic amines) is 1. The number of carbonyl (C=O) groups is 2. The lowest BCUT2D eigenvalue weighted by atomic mass is 9.89. The van der Waals surface area contributed by atoms with Crippen LogP contribution < -0.4 is 21.5 Å².